The Labute approximate surface area is 128 Å². The molecule has 0 amide bonds. The van der Waals surface area contributed by atoms with Crippen molar-refractivity contribution in [3.63, 3.8) is 0 Å². The highest BCUT2D eigenvalue weighted by atomic mass is 32.2. The molecule has 0 saturated carbocycles. The number of nitrogens with zero attached hydrogens (tertiary/aromatic N) is 4. The van der Waals surface area contributed by atoms with Gasteiger partial charge in [0.2, 0.25) is 0 Å². The maximum Gasteiger partial charge on any atom is 0.253 e. The maximum atomic E-state index is 13.0. The fourth-order valence-corrected chi connectivity index (χ4v) is 6.30. The predicted octanol–water partition coefficient (Wildman–Crippen LogP) is 2.02. The number of rotatable bonds is 3. The largest absolute Gasteiger partial charge is 0.319 e. The summed E-state index contributed by atoms with van der Waals surface area (Å²) < 4.78 is 29.8. The molecule has 0 aliphatic carbocycles. The molecule has 2 aromatic heterocycles. The van der Waals surface area contributed by atoms with Crippen LogP contribution in [-0.2, 0) is 17.1 Å². The van der Waals surface area contributed by atoms with Gasteiger partial charge in [0, 0.05) is 18.5 Å². The molecule has 0 radical (unpaired) electrons. The van der Waals surface area contributed by atoms with Crippen molar-refractivity contribution in [3.05, 3.63) is 28.7 Å². The molecule has 1 unspecified atom stereocenters. The molecular formula is C13H18N4O2S2. The lowest BCUT2D eigenvalue weighted by Crippen LogP contribution is -2.31. The summed E-state index contributed by atoms with van der Waals surface area (Å²) in [6, 6.07) is 1.70. The Morgan fingerprint density at radius 1 is 1.38 bits per heavy atom. The van der Waals surface area contributed by atoms with Crippen molar-refractivity contribution in [2.24, 2.45) is 7.05 Å². The standard InChI is InChI=1S/C13H18N4O2S2/c1-9-7-10(2)20-13(9)21(18,19)17-6-4-5-11(17)12-15-14-8-16(12)3/h7-8,11H,4-6H2,1-3H3. The Morgan fingerprint density at radius 2 is 2.14 bits per heavy atom. The fraction of sp³-hybridized carbons (Fsp3) is 0.538. The van der Waals surface area contributed by atoms with E-state index >= 15 is 0 Å². The van der Waals surface area contributed by atoms with Crippen LogP contribution in [0.5, 0.6) is 0 Å². The van der Waals surface area contributed by atoms with Gasteiger partial charge >= 0.3 is 0 Å². The maximum absolute atomic E-state index is 13.0. The molecule has 1 saturated heterocycles. The molecule has 0 aromatic carbocycles. The minimum absolute atomic E-state index is 0.218. The third-order valence-corrected chi connectivity index (χ3v) is 7.46. The van der Waals surface area contributed by atoms with Gasteiger partial charge < -0.3 is 4.57 Å². The Kier molecular flexibility index (Phi) is 3.62. The van der Waals surface area contributed by atoms with Crippen LogP contribution in [0.1, 0.15) is 35.1 Å². The lowest BCUT2D eigenvalue weighted by molar-refractivity contribution is 0.377. The van der Waals surface area contributed by atoms with Gasteiger partial charge in [-0.2, -0.15) is 4.31 Å². The minimum atomic E-state index is -3.47. The van der Waals surface area contributed by atoms with Gasteiger partial charge in [-0.05, 0) is 38.3 Å². The second-order valence-electron chi connectivity index (χ2n) is 5.40. The Balaban J connectivity index is 2.02. The van der Waals surface area contributed by atoms with Crippen LogP contribution in [0.2, 0.25) is 0 Å². The average Bonchev–Trinajstić information content (AvgIpc) is 3.08. The van der Waals surface area contributed by atoms with Crippen molar-refractivity contribution in [2.75, 3.05) is 6.54 Å². The highest BCUT2D eigenvalue weighted by Crippen LogP contribution is 2.38. The molecule has 0 N–H and O–H groups in total. The Bertz CT molecular complexity index is 763. The summed E-state index contributed by atoms with van der Waals surface area (Å²) in [6.07, 6.45) is 3.24. The van der Waals surface area contributed by atoms with Gasteiger partial charge in [-0.3, -0.25) is 0 Å². The first-order valence-electron chi connectivity index (χ1n) is 6.84. The monoisotopic (exact) mass is 326 g/mol. The molecular weight excluding hydrogens is 308 g/mol. The van der Waals surface area contributed by atoms with Crippen LogP contribution in [0, 0.1) is 13.8 Å². The van der Waals surface area contributed by atoms with E-state index in [1.54, 1.807) is 15.2 Å². The molecule has 8 heteroatoms. The van der Waals surface area contributed by atoms with Gasteiger partial charge in [-0.25, -0.2) is 8.42 Å². The molecule has 114 valence electrons. The molecule has 6 nitrogen and oxygen atoms in total. The molecule has 0 bridgehead atoms. The van der Waals surface area contributed by atoms with E-state index in [4.69, 9.17) is 0 Å². The summed E-state index contributed by atoms with van der Waals surface area (Å²) in [5.74, 6) is 0.710. The van der Waals surface area contributed by atoms with Crippen molar-refractivity contribution in [1.82, 2.24) is 19.1 Å². The summed E-state index contributed by atoms with van der Waals surface area (Å²) in [6.45, 7) is 4.32. The third-order valence-electron chi connectivity index (χ3n) is 3.79. The van der Waals surface area contributed by atoms with E-state index in [1.165, 1.54) is 11.3 Å². The number of hydrogen-bond acceptors (Lipinski definition) is 5. The molecule has 3 heterocycles. The molecule has 1 aliphatic heterocycles. The summed E-state index contributed by atoms with van der Waals surface area (Å²) in [7, 11) is -1.62. The highest BCUT2D eigenvalue weighted by molar-refractivity contribution is 7.91. The molecule has 3 rings (SSSR count). The van der Waals surface area contributed by atoms with Crippen LogP contribution in [0.15, 0.2) is 16.6 Å². The number of thiophene rings is 1. The van der Waals surface area contributed by atoms with Crippen LogP contribution < -0.4 is 0 Å². The SMILES string of the molecule is Cc1cc(C)c(S(=O)(=O)N2CCCC2c2nncn2C)s1. The third kappa shape index (κ3) is 2.41. The zero-order chi connectivity index (χ0) is 15.2. The van der Waals surface area contributed by atoms with Gasteiger partial charge in [-0.1, -0.05) is 0 Å². The van der Waals surface area contributed by atoms with Gasteiger partial charge in [0.15, 0.2) is 5.82 Å². The van der Waals surface area contributed by atoms with Crippen molar-refractivity contribution in [3.8, 4) is 0 Å². The zero-order valence-corrected chi connectivity index (χ0v) is 13.9. The topological polar surface area (TPSA) is 68.1 Å². The smallest absolute Gasteiger partial charge is 0.253 e. The zero-order valence-electron chi connectivity index (χ0n) is 12.3. The van der Waals surface area contributed by atoms with E-state index in [1.807, 2.05) is 27.0 Å². The van der Waals surface area contributed by atoms with Gasteiger partial charge in [0.05, 0.1) is 6.04 Å². The van der Waals surface area contributed by atoms with Crippen LogP contribution in [-0.4, -0.2) is 34.0 Å². The van der Waals surface area contributed by atoms with E-state index in [-0.39, 0.29) is 6.04 Å². The second-order valence-corrected chi connectivity index (χ2v) is 8.74. The molecule has 1 aliphatic rings. The molecule has 21 heavy (non-hydrogen) atoms. The number of aryl methyl sites for hydroxylation is 3. The number of aromatic nitrogens is 3. The summed E-state index contributed by atoms with van der Waals surface area (Å²) >= 11 is 1.34. The summed E-state index contributed by atoms with van der Waals surface area (Å²) in [5, 5.41) is 7.96. The normalized spacial score (nSPS) is 20.2. The Morgan fingerprint density at radius 3 is 2.71 bits per heavy atom. The number of sulfonamides is 1. The first-order chi connectivity index (χ1) is 9.91. The summed E-state index contributed by atoms with van der Waals surface area (Å²) in [4.78, 5) is 1.01. The first-order valence-corrected chi connectivity index (χ1v) is 9.09. The van der Waals surface area contributed by atoms with Crippen LogP contribution in [0.3, 0.4) is 0 Å². The quantitative estimate of drug-likeness (QED) is 0.865. The molecule has 0 spiro atoms. The number of hydrogen-bond donors (Lipinski definition) is 0. The van der Waals surface area contributed by atoms with Crippen molar-refractivity contribution in [2.45, 2.75) is 36.9 Å². The van der Waals surface area contributed by atoms with Gasteiger partial charge in [0.1, 0.15) is 10.5 Å². The molecule has 2 aromatic rings. The van der Waals surface area contributed by atoms with Gasteiger partial charge in [0.25, 0.3) is 10.0 Å². The van der Waals surface area contributed by atoms with Crippen molar-refractivity contribution >= 4 is 21.4 Å². The fourth-order valence-electron chi connectivity index (χ4n) is 2.86. The lowest BCUT2D eigenvalue weighted by atomic mass is 10.2. The molecule has 1 atom stereocenters. The average molecular weight is 326 g/mol. The van der Waals surface area contributed by atoms with E-state index in [0.29, 0.717) is 16.6 Å². The van der Waals surface area contributed by atoms with Crippen LogP contribution in [0.25, 0.3) is 0 Å². The van der Waals surface area contributed by atoms with E-state index < -0.39 is 10.0 Å². The summed E-state index contributed by atoms with van der Waals surface area (Å²) in [5.41, 5.74) is 0.820. The second kappa shape index (κ2) is 5.19. The first kappa shape index (κ1) is 14.7. The predicted molar refractivity (Wildman–Crippen MR) is 80.7 cm³/mol. The highest BCUT2D eigenvalue weighted by Gasteiger charge is 2.39. The van der Waals surface area contributed by atoms with E-state index in [9.17, 15) is 8.42 Å². The van der Waals surface area contributed by atoms with Crippen molar-refractivity contribution in [1.29, 1.82) is 0 Å². The Hall–Kier alpha value is -1.25. The van der Waals surface area contributed by atoms with Crippen LogP contribution >= 0.6 is 11.3 Å². The van der Waals surface area contributed by atoms with E-state index in [2.05, 4.69) is 10.2 Å². The van der Waals surface area contributed by atoms with Gasteiger partial charge in [-0.15, -0.1) is 21.5 Å². The molecule has 1 fully saturated rings. The van der Waals surface area contributed by atoms with Crippen LogP contribution in [0.4, 0.5) is 0 Å². The van der Waals surface area contributed by atoms with Crippen molar-refractivity contribution < 1.29 is 8.42 Å². The van der Waals surface area contributed by atoms with E-state index in [0.717, 1.165) is 23.3 Å². The lowest BCUT2D eigenvalue weighted by Gasteiger charge is -2.22. The minimum Gasteiger partial charge on any atom is -0.319 e.